The number of hydrogen-bond donors (Lipinski definition) is 1. The molecule has 0 aliphatic carbocycles. The molecule has 1 N–H and O–H groups in total. The molecule has 0 spiro atoms. The van der Waals surface area contributed by atoms with Crippen LogP contribution >= 0.6 is 11.6 Å². The van der Waals surface area contributed by atoms with Crippen LogP contribution in [0.5, 0.6) is 0 Å². The molecule has 1 atom stereocenters. The predicted molar refractivity (Wildman–Crippen MR) is 46.8 cm³/mol. The zero-order valence-electron chi connectivity index (χ0n) is 7.05. The molecule has 11 heavy (non-hydrogen) atoms. The Bertz CT molecular complexity index is 78.5. The van der Waals surface area contributed by atoms with E-state index in [0.29, 0.717) is 6.61 Å². The Morgan fingerprint density at radius 2 is 2.18 bits per heavy atom. The highest BCUT2D eigenvalue weighted by atomic mass is 35.5. The summed E-state index contributed by atoms with van der Waals surface area (Å²) < 4.78 is 5.05. The molecule has 0 rings (SSSR count). The topological polar surface area (TPSA) is 29.5 Å². The summed E-state index contributed by atoms with van der Waals surface area (Å²) >= 11 is 5.76. The van der Waals surface area contributed by atoms with E-state index >= 15 is 0 Å². The van der Waals surface area contributed by atoms with Crippen molar-refractivity contribution in [3.8, 4) is 0 Å². The summed E-state index contributed by atoms with van der Waals surface area (Å²) in [4.78, 5) is 0. The molecule has 0 aromatic carbocycles. The van der Waals surface area contributed by atoms with Gasteiger partial charge in [-0.25, -0.2) is 0 Å². The average Bonchev–Trinajstić information content (AvgIpc) is 2.01. The van der Waals surface area contributed by atoms with Crippen molar-refractivity contribution in [1.29, 1.82) is 0 Å². The zero-order valence-corrected chi connectivity index (χ0v) is 7.81. The number of ether oxygens (including phenoxy) is 1. The number of halogens is 1. The van der Waals surface area contributed by atoms with Gasteiger partial charge >= 0.3 is 0 Å². The Balaban J connectivity index is 3.02. The van der Waals surface area contributed by atoms with Gasteiger partial charge in [0.15, 0.2) is 0 Å². The van der Waals surface area contributed by atoms with Gasteiger partial charge in [0.1, 0.15) is 5.56 Å². The lowest BCUT2D eigenvalue weighted by molar-refractivity contribution is 0.0667. The van der Waals surface area contributed by atoms with Gasteiger partial charge in [-0.3, -0.25) is 0 Å². The predicted octanol–water partition coefficient (Wildman–Crippen LogP) is 2.14. The molecule has 0 aliphatic heterocycles. The van der Waals surface area contributed by atoms with Crippen LogP contribution in [0.4, 0.5) is 0 Å². The van der Waals surface area contributed by atoms with Crippen molar-refractivity contribution < 1.29 is 9.84 Å². The van der Waals surface area contributed by atoms with E-state index in [1.54, 1.807) is 0 Å². The van der Waals surface area contributed by atoms with Gasteiger partial charge in [-0.1, -0.05) is 31.4 Å². The van der Waals surface area contributed by atoms with Crippen LogP contribution in [0.2, 0.25) is 0 Å². The Kier molecular flexibility index (Phi) is 8.47. The lowest BCUT2D eigenvalue weighted by atomic mass is 10.2. The molecule has 3 heteroatoms. The molecule has 0 fully saturated rings. The van der Waals surface area contributed by atoms with Gasteiger partial charge in [0.05, 0.1) is 13.2 Å². The van der Waals surface area contributed by atoms with Gasteiger partial charge in [-0.2, -0.15) is 0 Å². The van der Waals surface area contributed by atoms with E-state index in [4.69, 9.17) is 21.4 Å². The normalized spacial score (nSPS) is 13.4. The van der Waals surface area contributed by atoms with Crippen LogP contribution in [0.1, 0.15) is 32.6 Å². The summed E-state index contributed by atoms with van der Waals surface area (Å²) in [6, 6.07) is 0. The summed E-state index contributed by atoms with van der Waals surface area (Å²) in [5.41, 5.74) is -0.214. The molecule has 0 aromatic rings. The van der Waals surface area contributed by atoms with Crippen molar-refractivity contribution in [3.63, 3.8) is 0 Å². The quantitative estimate of drug-likeness (QED) is 0.481. The Labute approximate surface area is 73.5 Å². The zero-order chi connectivity index (χ0) is 8.53. The summed E-state index contributed by atoms with van der Waals surface area (Å²) in [5.74, 6) is 0. The number of aliphatic hydroxyl groups excluding tert-OH is 1. The van der Waals surface area contributed by atoms with Crippen molar-refractivity contribution in [2.24, 2.45) is 0 Å². The third-order valence-electron chi connectivity index (χ3n) is 1.42. The number of aliphatic hydroxyl groups is 1. The van der Waals surface area contributed by atoms with E-state index in [1.807, 2.05) is 0 Å². The van der Waals surface area contributed by atoms with Gasteiger partial charge < -0.3 is 9.84 Å². The maximum atomic E-state index is 8.40. The molecule has 0 amide bonds. The number of unbranched alkanes of at least 4 members (excludes halogenated alkanes) is 2. The highest BCUT2D eigenvalue weighted by Gasteiger charge is 2.02. The Morgan fingerprint density at radius 1 is 1.45 bits per heavy atom. The minimum atomic E-state index is -0.214. The standard InChI is InChI=1S/C8H17ClO2/c1-2-3-4-5-8(9)11-7-6-10/h8,10H,2-7H2,1H3. The largest absolute Gasteiger partial charge is 0.394 e. The van der Waals surface area contributed by atoms with E-state index in [9.17, 15) is 0 Å². The van der Waals surface area contributed by atoms with E-state index in [2.05, 4.69) is 6.92 Å². The molecule has 0 heterocycles. The lowest BCUT2D eigenvalue weighted by Crippen LogP contribution is -2.08. The van der Waals surface area contributed by atoms with Crippen molar-refractivity contribution in [2.45, 2.75) is 38.2 Å². The van der Waals surface area contributed by atoms with Crippen molar-refractivity contribution in [2.75, 3.05) is 13.2 Å². The fourth-order valence-electron chi connectivity index (χ4n) is 0.819. The van der Waals surface area contributed by atoms with Crippen LogP contribution in [0.3, 0.4) is 0 Å². The monoisotopic (exact) mass is 180 g/mol. The maximum absolute atomic E-state index is 8.40. The summed E-state index contributed by atoms with van der Waals surface area (Å²) in [7, 11) is 0. The first-order valence-electron chi connectivity index (χ1n) is 4.17. The van der Waals surface area contributed by atoms with Crippen molar-refractivity contribution >= 4 is 11.6 Å². The fraction of sp³-hybridized carbons (Fsp3) is 1.00. The molecule has 0 aromatic heterocycles. The van der Waals surface area contributed by atoms with Crippen molar-refractivity contribution in [1.82, 2.24) is 0 Å². The number of alkyl halides is 1. The Morgan fingerprint density at radius 3 is 2.73 bits per heavy atom. The molecule has 0 saturated carbocycles. The van der Waals surface area contributed by atoms with Crippen LogP contribution in [-0.4, -0.2) is 23.9 Å². The second kappa shape index (κ2) is 8.31. The molecule has 0 aliphatic rings. The smallest absolute Gasteiger partial charge is 0.131 e. The van der Waals surface area contributed by atoms with Crippen LogP contribution in [-0.2, 0) is 4.74 Å². The summed E-state index contributed by atoms with van der Waals surface area (Å²) in [6.07, 6.45) is 4.39. The summed E-state index contributed by atoms with van der Waals surface area (Å²) in [6.45, 7) is 2.55. The molecule has 2 nitrogen and oxygen atoms in total. The highest BCUT2D eigenvalue weighted by Crippen LogP contribution is 2.09. The average molecular weight is 181 g/mol. The molecular weight excluding hydrogens is 164 g/mol. The van der Waals surface area contributed by atoms with Gasteiger partial charge in [0.2, 0.25) is 0 Å². The maximum Gasteiger partial charge on any atom is 0.131 e. The first kappa shape index (κ1) is 11.2. The molecule has 68 valence electrons. The first-order chi connectivity index (χ1) is 5.31. The van der Waals surface area contributed by atoms with Crippen molar-refractivity contribution in [3.05, 3.63) is 0 Å². The molecule has 0 saturated heterocycles. The second-order valence-electron chi connectivity index (χ2n) is 2.50. The third kappa shape index (κ3) is 8.11. The van der Waals surface area contributed by atoms with Crippen LogP contribution in [0.15, 0.2) is 0 Å². The van der Waals surface area contributed by atoms with E-state index in [-0.39, 0.29) is 12.2 Å². The Hall–Kier alpha value is 0.210. The second-order valence-corrected chi connectivity index (χ2v) is 2.99. The fourth-order valence-corrected chi connectivity index (χ4v) is 1.06. The molecule has 0 radical (unpaired) electrons. The summed E-state index contributed by atoms with van der Waals surface area (Å²) in [5, 5.41) is 8.40. The van der Waals surface area contributed by atoms with E-state index in [0.717, 1.165) is 12.8 Å². The lowest BCUT2D eigenvalue weighted by Gasteiger charge is -2.08. The number of hydrogen-bond acceptors (Lipinski definition) is 2. The first-order valence-corrected chi connectivity index (χ1v) is 4.61. The third-order valence-corrected chi connectivity index (χ3v) is 1.77. The van der Waals surface area contributed by atoms with Gasteiger partial charge in [0.25, 0.3) is 0 Å². The van der Waals surface area contributed by atoms with E-state index in [1.165, 1.54) is 12.8 Å². The molecule has 0 bridgehead atoms. The minimum absolute atomic E-state index is 0.0526. The van der Waals surface area contributed by atoms with Gasteiger partial charge in [-0.05, 0) is 12.8 Å². The van der Waals surface area contributed by atoms with Gasteiger partial charge in [-0.15, -0.1) is 0 Å². The van der Waals surface area contributed by atoms with Crippen LogP contribution in [0, 0.1) is 0 Å². The molecular formula is C8H17ClO2. The molecule has 1 unspecified atom stereocenters. The van der Waals surface area contributed by atoms with E-state index < -0.39 is 0 Å². The van der Waals surface area contributed by atoms with Crippen LogP contribution < -0.4 is 0 Å². The number of rotatable bonds is 7. The van der Waals surface area contributed by atoms with Gasteiger partial charge in [0, 0.05) is 0 Å². The highest BCUT2D eigenvalue weighted by molar-refractivity contribution is 6.19. The SMILES string of the molecule is CCCCCC(Cl)OCCO. The minimum Gasteiger partial charge on any atom is -0.394 e. The van der Waals surface area contributed by atoms with Crippen LogP contribution in [0.25, 0.3) is 0 Å².